The Bertz CT molecular complexity index is 652. The van der Waals surface area contributed by atoms with Gasteiger partial charge < -0.3 is 10.2 Å². The van der Waals surface area contributed by atoms with Crippen LogP contribution in [0.2, 0.25) is 0 Å². The molecule has 2 aromatic rings. The van der Waals surface area contributed by atoms with Crippen LogP contribution < -0.4 is 5.32 Å². The van der Waals surface area contributed by atoms with Crippen LogP contribution in [0.3, 0.4) is 0 Å². The molecule has 1 atom stereocenters. The minimum Gasteiger partial charge on any atom is -0.333 e. The van der Waals surface area contributed by atoms with Gasteiger partial charge in [-0.25, -0.2) is 0 Å². The number of nitrogens with zero attached hydrogens (tertiary/aromatic N) is 3. The van der Waals surface area contributed by atoms with Crippen LogP contribution in [0.25, 0.3) is 0 Å². The topological polar surface area (TPSA) is 73.9 Å². The molecule has 1 unspecified atom stereocenters. The minimum atomic E-state index is 0. The molecule has 7 heteroatoms. The number of aromatic amines is 1. The lowest BCUT2D eigenvalue weighted by Gasteiger charge is -2.31. The van der Waals surface area contributed by atoms with E-state index >= 15 is 0 Å². The van der Waals surface area contributed by atoms with Crippen molar-refractivity contribution in [3.8, 4) is 0 Å². The molecule has 6 nitrogen and oxygen atoms in total. The summed E-state index contributed by atoms with van der Waals surface area (Å²) in [7, 11) is 0. The second-order valence-electron chi connectivity index (χ2n) is 6.40. The van der Waals surface area contributed by atoms with Crippen LogP contribution in [-0.2, 0) is 17.8 Å². The molecule has 1 saturated heterocycles. The minimum absolute atomic E-state index is 0. The predicted octanol–water partition coefficient (Wildman–Crippen LogP) is 2.25. The van der Waals surface area contributed by atoms with Gasteiger partial charge in [0.15, 0.2) is 0 Å². The first-order valence-corrected chi connectivity index (χ1v) is 8.63. The number of pyridine rings is 1. The van der Waals surface area contributed by atoms with Gasteiger partial charge in [0.1, 0.15) is 0 Å². The number of hydrogen-bond donors (Lipinski definition) is 2. The molecule has 0 saturated carbocycles. The molecular formula is C18H26ClN5O. The van der Waals surface area contributed by atoms with Crippen molar-refractivity contribution in [2.24, 2.45) is 0 Å². The van der Waals surface area contributed by atoms with Crippen LogP contribution in [0, 0.1) is 6.92 Å². The van der Waals surface area contributed by atoms with Crippen molar-refractivity contribution in [2.75, 3.05) is 13.1 Å². The van der Waals surface area contributed by atoms with Gasteiger partial charge in [-0.05, 0) is 57.5 Å². The number of nitrogens with one attached hydrogen (secondary N) is 2. The largest absolute Gasteiger partial charge is 0.333 e. The zero-order valence-corrected chi connectivity index (χ0v) is 15.4. The lowest BCUT2D eigenvalue weighted by atomic mass is 10.1. The summed E-state index contributed by atoms with van der Waals surface area (Å²) in [4.78, 5) is 19.4. The molecule has 0 bridgehead atoms. The molecule has 2 aromatic heterocycles. The second kappa shape index (κ2) is 9.53. The lowest BCUT2D eigenvalue weighted by Crippen LogP contribution is -2.41. The van der Waals surface area contributed by atoms with Crippen LogP contribution in [0.15, 0.2) is 30.5 Å². The summed E-state index contributed by atoms with van der Waals surface area (Å²) in [6, 6.07) is 8.04. The number of rotatable bonds is 5. The fourth-order valence-electron chi connectivity index (χ4n) is 3.22. The Kier molecular flexibility index (Phi) is 7.40. The van der Waals surface area contributed by atoms with Crippen molar-refractivity contribution in [2.45, 2.75) is 45.2 Å². The fraction of sp³-hybridized carbons (Fsp3) is 0.500. The van der Waals surface area contributed by atoms with E-state index in [1.54, 1.807) is 6.20 Å². The van der Waals surface area contributed by atoms with Crippen molar-refractivity contribution in [1.82, 2.24) is 25.4 Å². The highest BCUT2D eigenvalue weighted by Crippen LogP contribution is 2.18. The molecule has 0 aromatic carbocycles. The zero-order chi connectivity index (χ0) is 16.8. The van der Waals surface area contributed by atoms with Gasteiger partial charge in [-0.1, -0.05) is 6.07 Å². The molecule has 2 N–H and O–H groups in total. The van der Waals surface area contributed by atoms with E-state index < -0.39 is 0 Å². The monoisotopic (exact) mass is 363 g/mol. The summed E-state index contributed by atoms with van der Waals surface area (Å²) in [5.41, 5.74) is 2.71. The molecule has 3 rings (SSSR count). The van der Waals surface area contributed by atoms with Gasteiger partial charge in [0, 0.05) is 17.9 Å². The number of aromatic nitrogens is 3. The quantitative estimate of drug-likeness (QED) is 0.854. The second-order valence-corrected chi connectivity index (χ2v) is 6.40. The lowest BCUT2D eigenvalue weighted by molar-refractivity contribution is -0.133. The van der Waals surface area contributed by atoms with Gasteiger partial charge in [-0.3, -0.25) is 14.9 Å². The van der Waals surface area contributed by atoms with Crippen molar-refractivity contribution in [3.05, 3.63) is 47.5 Å². The molecule has 1 aliphatic heterocycles. The average Bonchev–Trinajstić information content (AvgIpc) is 2.84. The van der Waals surface area contributed by atoms with E-state index in [0.717, 1.165) is 49.4 Å². The molecule has 1 fully saturated rings. The smallest absolute Gasteiger partial charge is 0.229 e. The molecule has 0 radical (unpaired) electrons. The van der Waals surface area contributed by atoms with E-state index in [2.05, 4.69) is 20.5 Å². The first-order chi connectivity index (χ1) is 11.7. The number of aryl methyl sites for hydroxylation is 1. The maximum Gasteiger partial charge on any atom is 0.229 e. The third-order valence-electron chi connectivity index (χ3n) is 4.46. The Balaban J connectivity index is 0.00000225. The van der Waals surface area contributed by atoms with Crippen LogP contribution in [0.5, 0.6) is 0 Å². The van der Waals surface area contributed by atoms with Crippen molar-refractivity contribution in [3.63, 3.8) is 0 Å². The van der Waals surface area contributed by atoms with E-state index in [4.69, 9.17) is 0 Å². The molecule has 0 spiro atoms. The van der Waals surface area contributed by atoms with Crippen molar-refractivity contribution in [1.29, 1.82) is 0 Å². The normalized spacial score (nSPS) is 17.4. The molecule has 1 aliphatic rings. The first kappa shape index (κ1) is 19.4. The Morgan fingerprint density at radius 3 is 2.88 bits per heavy atom. The van der Waals surface area contributed by atoms with E-state index in [0.29, 0.717) is 13.0 Å². The highest BCUT2D eigenvalue weighted by Gasteiger charge is 2.25. The molecule has 1 amide bonds. The van der Waals surface area contributed by atoms with E-state index in [9.17, 15) is 4.79 Å². The first-order valence-electron chi connectivity index (χ1n) is 8.63. The van der Waals surface area contributed by atoms with Gasteiger partial charge >= 0.3 is 0 Å². The number of hydrogen-bond acceptors (Lipinski definition) is 4. The van der Waals surface area contributed by atoms with Gasteiger partial charge in [-0.15, -0.1) is 12.4 Å². The maximum absolute atomic E-state index is 13.0. The number of amides is 1. The number of halogens is 1. The highest BCUT2D eigenvalue weighted by molar-refractivity contribution is 5.85. The predicted molar refractivity (Wildman–Crippen MR) is 99.6 cm³/mol. The molecule has 25 heavy (non-hydrogen) atoms. The average molecular weight is 364 g/mol. The van der Waals surface area contributed by atoms with E-state index in [-0.39, 0.29) is 24.4 Å². The third-order valence-corrected chi connectivity index (χ3v) is 4.46. The van der Waals surface area contributed by atoms with Gasteiger partial charge in [0.05, 0.1) is 24.4 Å². The summed E-state index contributed by atoms with van der Waals surface area (Å²) >= 11 is 0. The molecule has 3 heterocycles. The summed E-state index contributed by atoms with van der Waals surface area (Å²) in [6.45, 7) is 4.50. The Morgan fingerprint density at radius 2 is 2.16 bits per heavy atom. The number of carbonyl (C=O) groups excluding carboxylic acids is 1. The Labute approximate surface area is 154 Å². The summed E-state index contributed by atoms with van der Waals surface area (Å²) < 4.78 is 0. The molecular weight excluding hydrogens is 338 g/mol. The van der Waals surface area contributed by atoms with Crippen LogP contribution in [0.4, 0.5) is 0 Å². The van der Waals surface area contributed by atoms with E-state index in [1.165, 1.54) is 0 Å². The molecule has 0 aliphatic carbocycles. The Hall–Kier alpha value is -1.92. The van der Waals surface area contributed by atoms with Crippen molar-refractivity contribution >= 4 is 18.3 Å². The maximum atomic E-state index is 13.0. The van der Waals surface area contributed by atoms with Crippen molar-refractivity contribution < 1.29 is 4.79 Å². The van der Waals surface area contributed by atoms with Gasteiger partial charge in [-0.2, -0.15) is 5.10 Å². The highest BCUT2D eigenvalue weighted by atomic mass is 35.5. The van der Waals surface area contributed by atoms with Crippen LogP contribution in [-0.4, -0.2) is 45.1 Å². The standard InChI is InChI=1S/C18H25N5O.ClH/c1-14-11-16(22-21-14)12-18(24)23(13-15-5-2-3-9-20-15)17-6-4-8-19-10-7-17;/h2-3,5,9,11,17,19H,4,6-8,10,12-13H2,1H3,(H,21,22);1H. The molecule has 136 valence electrons. The summed E-state index contributed by atoms with van der Waals surface area (Å²) in [5.74, 6) is 0.124. The SMILES string of the molecule is Cc1cc(CC(=O)N(Cc2ccccn2)C2CCCNCC2)n[nH]1.Cl. The third kappa shape index (κ3) is 5.54. The van der Waals surface area contributed by atoms with E-state index in [1.807, 2.05) is 36.1 Å². The number of carbonyl (C=O) groups is 1. The van der Waals surface area contributed by atoms with Gasteiger partial charge in [0.2, 0.25) is 5.91 Å². The van der Waals surface area contributed by atoms with Crippen LogP contribution >= 0.6 is 12.4 Å². The van der Waals surface area contributed by atoms with Gasteiger partial charge in [0.25, 0.3) is 0 Å². The Morgan fingerprint density at radius 1 is 1.28 bits per heavy atom. The zero-order valence-electron chi connectivity index (χ0n) is 14.6. The summed E-state index contributed by atoms with van der Waals surface area (Å²) in [6.07, 6.45) is 5.23. The fourth-order valence-corrected chi connectivity index (χ4v) is 3.22. The van der Waals surface area contributed by atoms with Crippen LogP contribution in [0.1, 0.15) is 36.3 Å². The number of H-pyrrole nitrogens is 1. The summed E-state index contributed by atoms with van der Waals surface area (Å²) in [5, 5.41) is 10.5.